The van der Waals surface area contributed by atoms with Gasteiger partial charge in [-0.05, 0) is 25.1 Å². The smallest absolute Gasteiger partial charge is 0.267 e. The zero-order valence-corrected chi connectivity index (χ0v) is 15.1. The highest BCUT2D eigenvalue weighted by atomic mass is 32.2. The predicted octanol–water partition coefficient (Wildman–Crippen LogP) is 3.30. The van der Waals surface area contributed by atoms with Crippen LogP contribution in [0.4, 0.5) is 8.78 Å². The quantitative estimate of drug-likeness (QED) is 0.736. The van der Waals surface area contributed by atoms with Crippen LogP contribution in [0.3, 0.4) is 0 Å². The number of sulfonamides is 1. The van der Waals surface area contributed by atoms with E-state index in [2.05, 4.69) is 4.98 Å². The Kier molecular flexibility index (Phi) is 4.79. The maximum Gasteiger partial charge on any atom is 0.267 e. The van der Waals surface area contributed by atoms with E-state index in [9.17, 15) is 22.0 Å². The van der Waals surface area contributed by atoms with E-state index in [0.29, 0.717) is 23.2 Å². The van der Waals surface area contributed by atoms with Gasteiger partial charge in [0, 0.05) is 17.0 Å². The Hall–Kier alpha value is -3.07. The molecule has 0 aliphatic rings. The number of aryl methyl sites for hydroxylation is 1. The molecule has 1 aromatic heterocycles. The Morgan fingerprint density at radius 1 is 1.11 bits per heavy atom. The van der Waals surface area contributed by atoms with E-state index in [1.807, 2.05) is 12.1 Å². The van der Waals surface area contributed by atoms with Crippen molar-refractivity contribution in [3.63, 3.8) is 0 Å². The van der Waals surface area contributed by atoms with Crippen LogP contribution in [-0.4, -0.2) is 25.6 Å². The molecule has 0 radical (unpaired) electrons. The maximum atomic E-state index is 14.3. The van der Waals surface area contributed by atoms with Gasteiger partial charge >= 0.3 is 0 Å². The number of carbonyl (C=O) groups excluding carboxylic acids is 1. The number of aromatic nitrogens is 1. The minimum atomic E-state index is -3.92. The van der Waals surface area contributed by atoms with Gasteiger partial charge in [-0.25, -0.2) is 26.9 Å². The van der Waals surface area contributed by atoms with Gasteiger partial charge in [0.15, 0.2) is 11.6 Å². The number of nitrogens with zero attached hydrogens (tertiary/aromatic N) is 1. The number of para-hydroxylation sites is 1. The minimum absolute atomic E-state index is 0.0836. The summed E-state index contributed by atoms with van der Waals surface area (Å²) in [7, 11) is -3.92. The molecule has 0 bridgehead atoms. The van der Waals surface area contributed by atoms with Crippen molar-refractivity contribution in [1.29, 1.82) is 0 Å². The number of pyridine rings is 1. The van der Waals surface area contributed by atoms with Gasteiger partial charge in [0.2, 0.25) is 15.9 Å². The summed E-state index contributed by atoms with van der Waals surface area (Å²) >= 11 is 0. The fourth-order valence-corrected chi connectivity index (χ4v) is 2.86. The second-order valence-electron chi connectivity index (χ2n) is 5.87. The van der Waals surface area contributed by atoms with Gasteiger partial charge in [-0.3, -0.25) is 4.79 Å². The first kappa shape index (κ1) is 18.7. The van der Waals surface area contributed by atoms with Crippen LogP contribution < -0.4 is 9.46 Å². The summed E-state index contributed by atoms with van der Waals surface area (Å²) in [5.74, 6) is -3.84. The lowest BCUT2D eigenvalue weighted by Gasteiger charge is -2.11. The highest BCUT2D eigenvalue weighted by Gasteiger charge is 2.20. The predicted molar refractivity (Wildman–Crippen MR) is 95.2 cm³/mol. The van der Waals surface area contributed by atoms with Crippen molar-refractivity contribution in [2.75, 3.05) is 6.26 Å². The van der Waals surface area contributed by atoms with Crippen LogP contribution in [0.1, 0.15) is 15.9 Å². The Labute approximate surface area is 153 Å². The summed E-state index contributed by atoms with van der Waals surface area (Å²) in [4.78, 5) is 16.0. The molecule has 0 saturated carbocycles. The van der Waals surface area contributed by atoms with Gasteiger partial charge in [-0.2, -0.15) is 0 Å². The first-order chi connectivity index (χ1) is 12.6. The van der Waals surface area contributed by atoms with Crippen molar-refractivity contribution >= 4 is 26.8 Å². The second kappa shape index (κ2) is 6.92. The lowest BCUT2D eigenvalue weighted by Crippen LogP contribution is -2.30. The van der Waals surface area contributed by atoms with Crippen molar-refractivity contribution in [3.05, 3.63) is 65.2 Å². The Balaban J connectivity index is 1.96. The normalized spacial score (nSPS) is 11.4. The van der Waals surface area contributed by atoms with Crippen LogP contribution in [0.25, 0.3) is 10.9 Å². The number of fused-ring (bicyclic) bond motifs is 1. The van der Waals surface area contributed by atoms with E-state index in [1.165, 1.54) is 0 Å². The van der Waals surface area contributed by atoms with Crippen LogP contribution in [0, 0.1) is 18.6 Å². The first-order valence-electron chi connectivity index (χ1n) is 7.69. The highest BCUT2D eigenvalue weighted by Crippen LogP contribution is 2.29. The van der Waals surface area contributed by atoms with Crippen LogP contribution >= 0.6 is 0 Å². The molecule has 1 amide bonds. The van der Waals surface area contributed by atoms with Gasteiger partial charge in [0.1, 0.15) is 5.82 Å². The Morgan fingerprint density at radius 3 is 2.52 bits per heavy atom. The van der Waals surface area contributed by atoms with Crippen molar-refractivity contribution in [2.45, 2.75) is 6.92 Å². The summed E-state index contributed by atoms with van der Waals surface area (Å²) in [6, 6.07) is 10.3. The van der Waals surface area contributed by atoms with Crippen LogP contribution in [0.2, 0.25) is 0 Å². The summed E-state index contributed by atoms with van der Waals surface area (Å²) in [6.45, 7) is 1.71. The molecule has 140 valence electrons. The van der Waals surface area contributed by atoms with Crippen molar-refractivity contribution in [1.82, 2.24) is 9.71 Å². The highest BCUT2D eigenvalue weighted by molar-refractivity contribution is 7.89. The van der Waals surface area contributed by atoms with Crippen LogP contribution in [0.15, 0.2) is 42.5 Å². The third kappa shape index (κ3) is 4.20. The molecule has 0 saturated heterocycles. The van der Waals surface area contributed by atoms with Gasteiger partial charge in [-0.1, -0.05) is 18.2 Å². The number of hydrogen-bond acceptors (Lipinski definition) is 5. The Morgan fingerprint density at radius 2 is 1.81 bits per heavy atom. The third-order valence-electron chi connectivity index (χ3n) is 3.62. The van der Waals surface area contributed by atoms with Crippen LogP contribution in [-0.2, 0) is 10.0 Å². The Bertz CT molecular complexity index is 1160. The van der Waals surface area contributed by atoms with E-state index in [-0.39, 0.29) is 5.88 Å². The minimum Gasteiger partial charge on any atom is -0.436 e. The van der Waals surface area contributed by atoms with Crippen molar-refractivity contribution < 1.29 is 26.7 Å². The molecule has 0 aliphatic heterocycles. The van der Waals surface area contributed by atoms with Crippen LogP contribution in [0.5, 0.6) is 11.6 Å². The molecule has 0 atom stereocenters. The summed E-state index contributed by atoms with van der Waals surface area (Å²) in [5, 5.41) is 0.863. The number of hydrogen-bond donors (Lipinski definition) is 1. The van der Waals surface area contributed by atoms with E-state index < -0.39 is 38.9 Å². The zero-order chi connectivity index (χ0) is 19.8. The van der Waals surface area contributed by atoms with Gasteiger partial charge in [0.25, 0.3) is 5.91 Å². The molecule has 0 fully saturated rings. The van der Waals surface area contributed by atoms with Gasteiger partial charge in [0.05, 0.1) is 17.3 Å². The topological polar surface area (TPSA) is 85.4 Å². The van der Waals surface area contributed by atoms with Crippen molar-refractivity contribution in [2.24, 2.45) is 0 Å². The van der Waals surface area contributed by atoms with Gasteiger partial charge < -0.3 is 4.74 Å². The molecule has 0 unspecified atom stereocenters. The number of ether oxygens (including phenoxy) is 1. The summed E-state index contributed by atoms with van der Waals surface area (Å²) < 4.78 is 57.6. The number of amides is 1. The fraction of sp³-hybridized carbons (Fsp3) is 0.111. The average molecular weight is 392 g/mol. The van der Waals surface area contributed by atoms with E-state index >= 15 is 0 Å². The number of halogens is 2. The fourth-order valence-electron chi connectivity index (χ4n) is 2.42. The monoisotopic (exact) mass is 392 g/mol. The van der Waals surface area contributed by atoms with E-state index in [4.69, 9.17) is 4.74 Å². The number of benzene rings is 2. The zero-order valence-electron chi connectivity index (χ0n) is 14.3. The molecule has 27 heavy (non-hydrogen) atoms. The lowest BCUT2D eigenvalue weighted by atomic mass is 10.1. The largest absolute Gasteiger partial charge is 0.436 e. The first-order valence-corrected chi connectivity index (χ1v) is 9.58. The molecular weight excluding hydrogens is 378 g/mol. The molecule has 0 aliphatic carbocycles. The van der Waals surface area contributed by atoms with E-state index in [1.54, 1.807) is 29.8 Å². The van der Waals surface area contributed by atoms with Gasteiger partial charge in [-0.15, -0.1) is 0 Å². The molecule has 0 spiro atoms. The summed E-state index contributed by atoms with van der Waals surface area (Å²) in [6.07, 6.45) is 0.727. The number of nitrogens with one attached hydrogen (secondary N) is 1. The standard InChI is InChI=1S/C18H14F2N2O4S/c1-10-7-11-5-3-4-6-15(11)21-18(10)26-16-9-13(19)12(8-14(16)20)17(23)22-27(2,24)25/h3-9H,1-2H3,(H,22,23). The molecule has 1 N–H and O–H groups in total. The van der Waals surface area contributed by atoms with E-state index in [0.717, 1.165) is 11.6 Å². The molecule has 1 heterocycles. The number of carbonyl (C=O) groups is 1. The SMILES string of the molecule is Cc1cc2ccccc2nc1Oc1cc(F)c(C(=O)NS(C)(=O)=O)cc1F. The average Bonchev–Trinajstić information content (AvgIpc) is 2.56. The molecule has 3 aromatic rings. The van der Waals surface area contributed by atoms with Crippen molar-refractivity contribution in [3.8, 4) is 11.6 Å². The molecule has 3 rings (SSSR count). The molecule has 9 heteroatoms. The summed E-state index contributed by atoms with van der Waals surface area (Å²) in [5.41, 5.74) is 0.462. The number of rotatable bonds is 4. The molecule has 6 nitrogen and oxygen atoms in total. The second-order valence-corrected chi connectivity index (χ2v) is 7.62. The maximum absolute atomic E-state index is 14.3. The molecule has 2 aromatic carbocycles. The lowest BCUT2D eigenvalue weighted by molar-refractivity contribution is 0.0977. The molecular formula is C18H14F2N2O4S. The third-order valence-corrected chi connectivity index (χ3v) is 4.18.